The highest BCUT2D eigenvalue weighted by Crippen LogP contribution is 2.08. The number of halogens is 1. The fourth-order valence-electron chi connectivity index (χ4n) is 2.00. The Labute approximate surface area is 120 Å². The molecule has 1 atom stereocenters. The van der Waals surface area contributed by atoms with Crippen molar-refractivity contribution in [3.8, 4) is 12.3 Å². The Balaban J connectivity index is 2.47. The van der Waals surface area contributed by atoms with Crippen LogP contribution in [0.4, 0.5) is 4.39 Å². The van der Waals surface area contributed by atoms with Gasteiger partial charge in [-0.3, -0.25) is 4.90 Å². The van der Waals surface area contributed by atoms with Crippen LogP contribution >= 0.6 is 0 Å². The summed E-state index contributed by atoms with van der Waals surface area (Å²) < 4.78 is 18.0. The normalized spacial score (nSPS) is 12.3. The summed E-state index contributed by atoms with van der Waals surface area (Å²) in [5.74, 6) is 2.13. The number of aliphatic hydroxyl groups excluding tert-OH is 1. The number of hydrogen-bond donors (Lipinski definition) is 1. The van der Waals surface area contributed by atoms with Gasteiger partial charge in [-0.2, -0.15) is 0 Å². The van der Waals surface area contributed by atoms with Gasteiger partial charge in [-0.25, -0.2) is 4.39 Å². The van der Waals surface area contributed by atoms with Crippen molar-refractivity contribution in [3.63, 3.8) is 0 Å². The molecule has 3 nitrogen and oxygen atoms in total. The second kappa shape index (κ2) is 9.49. The largest absolute Gasteiger partial charge is 0.389 e. The average Bonchev–Trinajstić information content (AvgIpc) is 2.42. The maximum absolute atomic E-state index is 12.9. The first-order valence-corrected chi connectivity index (χ1v) is 6.81. The summed E-state index contributed by atoms with van der Waals surface area (Å²) >= 11 is 0. The van der Waals surface area contributed by atoms with Gasteiger partial charge in [-0.15, -0.1) is 6.42 Å². The number of rotatable bonds is 9. The molecule has 1 rings (SSSR count). The lowest BCUT2D eigenvalue weighted by Crippen LogP contribution is -2.35. The monoisotopic (exact) mass is 279 g/mol. The molecule has 4 heteroatoms. The molecular formula is C16H22FNO2. The molecule has 0 aliphatic carbocycles. The number of terminal acetylenes is 1. The molecule has 0 aliphatic heterocycles. The van der Waals surface area contributed by atoms with Crippen LogP contribution in [0.3, 0.4) is 0 Å². The highest BCUT2D eigenvalue weighted by Gasteiger charge is 2.12. The van der Waals surface area contributed by atoms with E-state index in [0.717, 1.165) is 18.5 Å². The van der Waals surface area contributed by atoms with Gasteiger partial charge < -0.3 is 9.84 Å². The molecule has 0 radical (unpaired) electrons. The minimum Gasteiger partial charge on any atom is -0.389 e. The van der Waals surface area contributed by atoms with E-state index in [4.69, 9.17) is 11.2 Å². The maximum atomic E-state index is 12.9. The van der Waals surface area contributed by atoms with E-state index in [-0.39, 0.29) is 19.0 Å². The summed E-state index contributed by atoms with van der Waals surface area (Å²) in [6, 6.07) is 6.43. The summed E-state index contributed by atoms with van der Waals surface area (Å²) in [6.07, 6.45) is 5.49. The van der Waals surface area contributed by atoms with Crippen LogP contribution in [0.2, 0.25) is 0 Å². The summed E-state index contributed by atoms with van der Waals surface area (Å²) in [5.41, 5.74) is 1.02. The molecule has 110 valence electrons. The van der Waals surface area contributed by atoms with Gasteiger partial charge in [0.2, 0.25) is 0 Å². The molecule has 0 spiro atoms. The first-order valence-electron chi connectivity index (χ1n) is 6.81. The van der Waals surface area contributed by atoms with Crippen LogP contribution in [0.5, 0.6) is 0 Å². The molecule has 0 fully saturated rings. The summed E-state index contributed by atoms with van der Waals surface area (Å²) in [7, 11) is 0. The van der Waals surface area contributed by atoms with Gasteiger partial charge in [0, 0.05) is 13.1 Å². The number of ether oxygens (including phenoxy) is 1. The van der Waals surface area contributed by atoms with Crippen LogP contribution in [-0.4, -0.2) is 42.4 Å². The lowest BCUT2D eigenvalue weighted by Gasteiger charge is -2.24. The van der Waals surface area contributed by atoms with E-state index in [0.29, 0.717) is 13.1 Å². The number of hydrogen-bond acceptors (Lipinski definition) is 3. The van der Waals surface area contributed by atoms with Crippen LogP contribution in [0.1, 0.15) is 18.9 Å². The van der Waals surface area contributed by atoms with Crippen molar-refractivity contribution >= 4 is 0 Å². The molecule has 1 aromatic carbocycles. The van der Waals surface area contributed by atoms with Crippen molar-refractivity contribution in [2.24, 2.45) is 0 Å². The highest BCUT2D eigenvalue weighted by atomic mass is 19.1. The van der Waals surface area contributed by atoms with Gasteiger partial charge in [-0.05, 0) is 30.7 Å². The smallest absolute Gasteiger partial charge is 0.123 e. The van der Waals surface area contributed by atoms with Gasteiger partial charge in [-0.1, -0.05) is 25.0 Å². The third kappa shape index (κ3) is 6.67. The topological polar surface area (TPSA) is 32.7 Å². The zero-order valence-corrected chi connectivity index (χ0v) is 11.9. The van der Waals surface area contributed by atoms with Gasteiger partial charge in [0.05, 0.1) is 12.7 Å². The van der Waals surface area contributed by atoms with Crippen LogP contribution in [-0.2, 0) is 11.3 Å². The van der Waals surface area contributed by atoms with E-state index in [9.17, 15) is 9.50 Å². The van der Waals surface area contributed by atoms with Crippen molar-refractivity contribution in [1.29, 1.82) is 0 Å². The summed E-state index contributed by atoms with van der Waals surface area (Å²) in [4.78, 5) is 2.12. The van der Waals surface area contributed by atoms with Gasteiger partial charge in [0.1, 0.15) is 12.4 Å². The van der Waals surface area contributed by atoms with Gasteiger partial charge >= 0.3 is 0 Å². The lowest BCUT2D eigenvalue weighted by molar-refractivity contribution is 0.0261. The molecule has 0 saturated carbocycles. The Hall–Kier alpha value is -1.41. The Morgan fingerprint density at radius 2 is 2.10 bits per heavy atom. The van der Waals surface area contributed by atoms with E-state index in [2.05, 4.69) is 17.7 Å². The van der Waals surface area contributed by atoms with Crippen LogP contribution in [0, 0.1) is 18.2 Å². The van der Waals surface area contributed by atoms with Crippen LogP contribution < -0.4 is 0 Å². The molecule has 0 saturated heterocycles. The fourth-order valence-corrected chi connectivity index (χ4v) is 2.00. The van der Waals surface area contributed by atoms with Crippen LogP contribution in [0.15, 0.2) is 24.3 Å². The predicted molar refractivity (Wildman–Crippen MR) is 77.6 cm³/mol. The fraction of sp³-hybridized carbons (Fsp3) is 0.500. The average molecular weight is 279 g/mol. The molecule has 0 aromatic heterocycles. The molecule has 0 bridgehead atoms. The molecule has 20 heavy (non-hydrogen) atoms. The van der Waals surface area contributed by atoms with Gasteiger partial charge in [0.15, 0.2) is 0 Å². The van der Waals surface area contributed by atoms with Crippen molar-refractivity contribution in [2.45, 2.75) is 26.0 Å². The lowest BCUT2D eigenvalue weighted by atomic mass is 10.2. The molecular weight excluding hydrogens is 257 g/mol. The standard InChI is InChI=1S/C16H22FNO2/c1-3-9-18(12-16(19)13-20-10-4-2)11-14-5-7-15(17)8-6-14/h2,5-8,16,19H,3,9-13H2,1H3/t16-/m0/s1. The van der Waals surface area contributed by atoms with Gasteiger partial charge in [0.25, 0.3) is 0 Å². The maximum Gasteiger partial charge on any atom is 0.123 e. The van der Waals surface area contributed by atoms with Crippen molar-refractivity contribution < 1.29 is 14.2 Å². The predicted octanol–water partition coefficient (Wildman–Crippen LogP) is 2.05. The Kier molecular flexibility index (Phi) is 7.89. The SMILES string of the molecule is C#CCOC[C@@H](O)CN(CCC)Cc1ccc(F)cc1. The quantitative estimate of drug-likeness (QED) is 0.555. The number of benzene rings is 1. The molecule has 1 N–H and O–H groups in total. The molecule has 0 unspecified atom stereocenters. The van der Waals surface area contributed by atoms with E-state index < -0.39 is 6.10 Å². The highest BCUT2D eigenvalue weighted by molar-refractivity contribution is 5.15. The second-order valence-electron chi connectivity index (χ2n) is 4.73. The van der Waals surface area contributed by atoms with E-state index in [1.807, 2.05) is 0 Å². The van der Waals surface area contributed by atoms with Crippen molar-refractivity contribution in [3.05, 3.63) is 35.6 Å². The van der Waals surface area contributed by atoms with Crippen molar-refractivity contribution in [1.82, 2.24) is 4.90 Å². The Morgan fingerprint density at radius 3 is 2.70 bits per heavy atom. The van der Waals surface area contributed by atoms with E-state index in [1.165, 1.54) is 12.1 Å². The second-order valence-corrected chi connectivity index (χ2v) is 4.73. The van der Waals surface area contributed by atoms with E-state index in [1.54, 1.807) is 12.1 Å². The molecule has 0 aliphatic rings. The number of nitrogens with zero attached hydrogens (tertiary/aromatic N) is 1. The van der Waals surface area contributed by atoms with Crippen LogP contribution in [0.25, 0.3) is 0 Å². The molecule has 0 heterocycles. The summed E-state index contributed by atoms with van der Waals surface area (Å²) in [5, 5.41) is 9.90. The zero-order chi connectivity index (χ0) is 14.8. The zero-order valence-electron chi connectivity index (χ0n) is 11.9. The summed E-state index contributed by atoms with van der Waals surface area (Å²) in [6.45, 7) is 4.58. The molecule has 1 aromatic rings. The third-order valence-electron chi connectivity index (χ3n) is 2.82. The first kappa shape index (κ1) is 16.6. The first-order chi connectivity index (χ1) is 9.65. The Morgan fingerprint density at radius 1 is 1.40 bits per heavy atom. The molecule has 0 amide bonds. The minimum atomic E-state index is -0.574. The van der Waals surface area contributed by atoms with Crippen molar-refractivity contribution in [2.75, 3.05) is 26.3 Å². The Bertz CT molecular complexity index is 413. The van der Waals surface area contributed by atoms with E-state index >= 15 is 0 Å². The minimum absolute atomic E-state index is 0.211. The number of aliphatic hydroxyl groups is 1. The third-order valence-corrected chi connectivity index (χ3v) is 2.82.